The molecule has 2 atom stereocenters. The molecule has 2 unspecified atom stereocenters. The Morgan fingerprint density at radius 2 is 1.81 bits per heavy atom. The van der Waals surface area contributed by atoms with Crippen LogP contribution < -0.4 is 5.32 Å². The zero-order chi connectivity index (χ0) is 15.9. The summed E-state index contributed by atoms with van der Waals surface area (Å²) < 4.78 is 54.3. The SMILES string of the molecule is OC(CNCC(O)C(F)(F)F)COCc1ccccc1F. The molecule has 0 aliphatic rings. The van der Waals surface area contributed by atoms with Gasteiger partial charge in [-0.25, -0.2) is 4.39 Å². The molecule has 120 valence electrons. The Hall–Kier alpha value is -1.22. The third-order valence-electron chi connectivity index (χ3n) is 2.62. The number of nitrogens with one attached hydrogen (secondary N) is 1. The molecule has 1 aromatic carbocycles. The highest BCUT2D eigenvalue weighted by Gasteiger charge is 2.37. The molecule has 0 spiro atoms. The minimum atomic E-state index is -4.70. The summed E-state index contributed by atoms with van der Waals surface area (Å²) in [4.78, 5) is 0. The summed E-state index contributed by atoms with van der Waals surface area (Å²) in [6, 6.07) is 5.97. The number of rotatable bonds is 8. The van der Waals surface area contributed by atoms with Gasteiger partial charge in [0.15, 0.2) is 6.10 Å². The molecule has 1 rings (SSSR count). The Bertz CT molecular complexity index is 428. The Labute approximate surface area is 119 Å². The van der Waals surface area contributed by atoms with Gasteiger partial charge in [-0.1, -0.05) is 18.2 Å². The van der Waals surface area contributed by atoms with E-state index in [4.69, 9.17) is 9.84 Å². The average molecular weight is 311 g/mol. The van der Waals surface area contributed by atoms with Gasteiger partial charge in [0.1, 0.15) is 5.82 Å². The number of hydrogen-bond donors (Lipinski definition) is 3. The number of hydrogen-bond acceptors (Lipinski definition) is 4. The number of aliphatic hydroxyl groups is 2. The van der Waals surface area contributed by atoms with E-state index in [1.807, 2.05) is 0 Å². The quantitative estimate of drug-likeness (QED) is 0.632. The maximum absolute atomic E-state index is 13.2. The first-order valence-electron chi connectivity index (χ1n) is 6.25. The molecule has 1 aromatic rings. The van der Waals surface area contributed by atoms with E-state index in [1.54, 1.807) is 6.07 Å². The van der Waals surface area contributed by atoms with Crippen LogP contribution in [-0.4, -0.2) is 48.3 Å². The first-order chi connectivity index (χ1) is 9.80. The van der Waals surface area contributed by atoms with Gasteiger partial charge in [0.25, 0.3) is 0 Å². The van der Waals surface area contributed by atoms with Crippen molar-refractivity contribution in [3.05, 3.63) is 35.6 Å². The molecule has 3 N–H and O–H groups in total. The fourth-order valence-electron chi connectivity index (χ4n) is 1.48. The topological polar surface area (TPSA) is 61.7 Å². The molecule has 0 fully saturated rings. The lowest BCUT2D eigenvalue weighted by molar-refractivity contribution is -0.202. The standard InChI is InChI=1S/C13H17F4NO3/c14-11-4-2-1-3-9(11)7-21-8-10(19)5-18-6-12(20)13(15,16)17/h1-4,10,12,18-20H,5-8H2. The molecule has 8 heteroatoms. The average Bonchev–Trinajstić information content (AvgIpc) is 2.39. The largest absolute Gasteiger partial charge is 0.415 e. The first kappa shape index (κ1) is 17.8. The smallest absolute Gasteiger partial charge is 0.389 e. The highest BCUT2D eigenvalue weighted by Crippen LogP contribution is 2.19. The van der Waals surface area contributed by atoms with Crippen molar-refractivity contribution in [1.82, 2.24) is 5.32 Å². The van der Waals surface area contributed by atoms with Gasteiger partial charge < -0.3 is 20.3 Å². The van der Waals surface area contributed by atoms with Crippen LogP contribution in [0.15, 0.2) is 24.3 Å². The van der Waals surface area contributed by atoms with Gasteiger partial charge in [-0.05, 0) is 6.07 Å². The van der Waals surface area contributed by atoms with E-state index in [1.165, 1.54) is 18.2 Å². The Balaban J connectivity index is 2.17. The van der Waals surface area contributed by atoms with Crippen molar-refractivity contribution in [2.75, 3.05) is 19.7 Å². The van der Waals surface area contributed by atoms with Crippen molar-refractivity contribution in [3.63, 3.8) is 0 Å². The van der Waals surface area contributed by atoms with Gasteiger partial charge in [-0.2, -0.15) is 13.2 Å². The van der Waals surface area contributed by atoms with Gasteiger partial charge in [0.05, 0.1) is 19.3 Å². The molecule has 0 aliphatic carbocycles. The Morgan fingerprint density at radius 3 is 2.43 bits per heavy atom. The predicted octanol–water partition coefficient (Wildman–Crippen LogP) is 1.22. The van der Waals surface area contributed by atoms with E-state index in [-0.39, 0.29) is 19.8 Å². The normalized spacial score (nSPS) is 15.0. The van der Waals surface area contributed by atoms with Crippen LogP contribution in [0.5, 0.6) is 0 Å². The summed E-state index contributed by atoms with van der Waals surface area (Å²) in [5, 5.41) is 20.5. The van der Waals surface area contributed by atoms with Crippen LogP contribution in [0, 0.1) is 5.82 Å². The van der Waals surface area contributed by atoms with Crippen LogP contribution in [0.2, 0.25) is 0 Å². The number of benzene rings is 1. The number of aliphatic hydroxyl groups excluding tert-OH is 2. The number of alkyl halides is 3. The number of halogens is 4. The predicted molar refractivity (Wildman–Crippen MR) is 67.0 cm³/mol. The molecule has 0 radical (unpaired) electrons. The van der Waals surface area contributed by atoms with Crippen LogP contribution in [0.1, 0.15) is 5.56 Å². The molecule has 0 bridgehead atoms. The molecule has 0 heterocycles. The zero-order valence-electron chi connectivity index (χ0n) is 11.1. The molecular weight excluding hydrogens is 294 g/mol. The van der Waals surface area contributed by atoms with Crippen LogP contribution in [-0.2, 0) is 11.3 Å². The van der Waals surface area contributed by atoms with Gasteiger partial charge in [-0.15, -0.1) is 0 Å². The van der Waals surface area contributed by atoms with Crippen molar-refractivity contribution in [1.29, 1.82) is 0 Å². The monoisotopic (exact) mass is 311 g/mol. The van der Waals surface area contributed by atoms with Crippen LogP contribution >= 0.6 is 0 Å². The zero-order valence-corrected chi connectivity index (χ0v) is 11.1. The van der Waals surface area contributed by atoms with Crippen LogP contribution in [0.25, 0.3) is 0 Å². The maximum atomic E-state index is 13.2. The lowest BCUT2D eigenvalue weighted by Gasteiger charge is -2.17. The molecule has 0 aliphatic heterocycles. The van der Waals surface area contributed by atoms with Crippen molar-refractivity contribution in [2.24, 2.45) is 0 Å². The minimum Gasteiger partial charge on any atom is -0.389 e. The summed E-state index contributed by atoms with van der Waals surface area (Å²) in [5.41, 5.74) is 0.324. The van der Waals surface area contributed by atoms with E-state index in [0.717, 1.165) is 0 Å². The molecule has 4 nitrogen and oxygen atoms in total. The Kier molecular flexibility index (Phi) is 7.03. The third-order valence-corrected chi connectivity index (χ3v) is 2.62. The lowest BCUT2D eigenvalue weighted by Crippen LogP contribution is -2.41. The van der Waals surface area contributed by atoms with Gasteiger partial charge in [0.2, 0.25) is 0 Å². The molecule has 0 saturated carbocycles. The van der Waals surface area contributed by atoms with E-state index in [0.29, 0.717) is 5.56 Å². The minimum absolute atomic E-state index is 0.0467. The molecule has 0 saturated heterocycles. The van der Waals surface area contributed by atoms with Crippen LogP contribution in [0.4, 0.5) is 17.6 Å². The fourth-order valence-corrected chi connectivity index (χ4v) is 1.48. The third kappa shape index (κ3) is 6.85. The highest BCUT2D eigenvalue weighted by molar-refractivity contribution is 5.16. The summed E-state index contributed by atoms with van der Waals surface area (Å²) in [5.74, 6) is -0.432. The van der Waals surface area contributed by atoms with E-state index in [9.17, 15) is 22.7 Å². The second kappa shape index (κ2) is 8.28. The summed E-state index contributed by atoms with van der Waals surface area (Å²) in [6.07, 6.45) is -8.24. The Morgan fingerprint density at radius 1 is 1.14 bits per heavy atom. The molecule has 0 amide bonds. The van der Waals surface area contributed by atoms with E-state index in [2.05, 4.69) is 5.32 Å². The summed E-state index contributed by atoms with van der Waals surface area (Å²) in [6.45, 7) is -1.10. The van der Waals surface area contributed by atoms with Gasteiger partial charge >= 0.3 is 6.18 Å². The van der Waals surface area contributed by atoms with Crippen molar-refractivity contribution < 1.29 is 32.5 Å². The molecular formula is C13H17F4NO3. The summed E-state index contributed by atoms with van der Waals surface area (Å²) in [7, 11) is 0. The van der Waals surface area contributed by atoms with Crippen molar-refractivity contribution in [2.45, 2.75) is 25.0 Å². The van der Waals surface area contributed by atoms with Crippen molar-refractivity contribution in [3.8, 4) is 0 Å². The van der Waals surface area contributed by atoms with Gasteiger partial charge in [-0.3, -0.25) is 0 Å². The molecule has 0 aromatic heterocycles. The fraction of sp³-hybridized carbons (Fsp3) is 0.538. The second-order valence-electron chi connectivity index (χ2n) is 4.48. The van der Waals surface area contributed by atoms with E-state index >= 15 is 0 Å². The first-order valence-corrected chi connectivity index (χ1v) is 6.25. The molecule has 21 heavy (non-hydrogen) atoms. The second-order valence-corrected chi connectivity index (χ2v) is 4.48. The maximum Gasteiger partial charge on any atom is 0.415 e. The van der Waals surface area contributed by atoms with Gasteiger partial charge in [0, 0.05) is 18.7 Å². The van der Waals surface area contributed by atoms with Crippen molar-refractivity contribution >= 4 is 0 Å². The highest BCUT2D eigenvalue weighted by atomic mass is 19.4. The summed E-state index contributed by atoms with van der Waals surface area (Å²) >= 11 is 0. The van der Waals surface area contributed by atoms with Crippen LogP contribution in [0.3, 0.4) is 0 Å². The lowest BCUT2D eigenvalue weighted by atomic mass is 10.2. The number of ether oxygens (including phenoxy) is 1. The van der Waals surface area contributed by atoms with E-state index < -0.39 is 30.7 Å².